The molecule has 1 aromatic carbocycles. The van der Waals surface area contributed by atoms with Gasteiger partial charge in [0.1, 0.15) is 5.56 Å². The van der Waals surface area contributed by atoms with E-state index in [1.165, 1.54) is 0 Å². The number of para-hydroxylation sites is 1. The number of H-pyrrole nitrogens is 1. The van der Waals surface area contributed by atoms with E-state index in [0.29, 0.717) is 16.6 Å². The van der Waals surface area contributed by atoms with Crippen molar-refractivity contribution < 1.29 is 14.1 Å². The van der Waals surface area contributed by atoms with Crippen LogP contribution in [0.3, 0.4) is 0 Å². The van der Waals surface area contributed by atoms with Gasteiger partial charge in [-0.3, -0.25) is 4.79 Å². The zero-order valence-corrected chi connectivity index (χ0v) is 12.5. The zero-order valence-electron chi connectivity index (χ0n) is 12.5. The average molecular weight is 314 g/mol. The van der Waals surface area contributed by atoms with Crippen LogP contribution in [0.5, 0.6) is 0 Å². The number of aromatic nitrogens is 3. The lowest BCUT2D eigenvalue weighted by Gasteiger charge is -2.12. The number of esters is 1. The number of nitrogens with one attached hydrogen (secondary N) is 1. The van der Waals surface area contributed by atoms with Crippen LogP contribution in [0.15, 0.2) is 33.6 Å². The van der Waals surface area contributed by atoms with Gasteiger partial charge in [-0.15, -0.1) is 0 Å². The van der Waals surface area contributed by atoms with E-state index in [-0.39, 0.29) is 22.8 Å². The number of hydrogen-bond acceptors (Lipinski definition) is 7. The summed E-state index contributed by atoms with van der Waals surface area (Å²) in [6, 6.07) is 6.91. The van der Waals surface area contributed by atoms with Gasteiger partial charge in [0, 0.05) is 0 Å². The molecule has 1 atom stereocenters. The summed E-state index contributed by atoms with van der Waals surface area (Å²) in [5.41, 5.74) is 6.18. The molecule has 23 heavy (non-hydrogen) atoms. The van der Waals surface area contributed by atoms with E-state index >= 15 is 0 Å². The Kier molecular flexibility index (Phi) is 3.57. The fourth-order valence-corrected chi connectivity index (χ4v) is 2.21. The number of nitrogens with zero attached hydrogens (tertiary/aromatic N) is 2. The highest BCUT2D eigenvalue weighted by molar-refractivity contribution is 5.95. The first-order valence-corrected chi connectivity index (χ1v) is 6.89. The summed E-state index contributed by atoms with van der Waals surface area (Å²) in [5, 5.41) is 4.06. The second-order valence-electron chi connectivity index (χ2n) is 5.02. The molecule has 2 heterocycles. The number of hydrogen-bond donors (Lipinski definition) is 2. The first kappa shape index (κ1) is 14.8. The predicted molar refractivity (Wildman–Crippen MR) is 81.8 cm³/mol. The number of carbonyl (C=O) groups excluding carboxylic acids is 1. The summed E-state index contributed by atoms with van der Waals surface area (Å²) >= 11 is 0. The smallest absolute Gasteiger partial charge is 0.346 e. The Balaban J connectivity index is 1.90. The summed E-state index contributed by atoms with van der Waals surface area (Å²) in [7, 11) is 0. The van der Waals surface area contributed by atoms with Crippen molar-refractivity contribution >= 4 is 22.8 Å². The van der Waals surface area contributed by atoms with E-state index in [1.54, 1.807) is 38.1 Å². The Hall–Kier alpha value is -3.16. The Morgan fingerprint density at radius 1 is 1.39 bits per heavy atom. The van der Waals surface area contributed by atoms with Gasteiger partial charge in [0.05, 0.1) is 16.6 Å². The Morgan fingerprint density at radius 2 is 2.13 bits per heavy atom. The van der Waals surface area contributed by atoms with Crippen molar-refractivity contribution in [2.45, 2.75) is 20.0 Å². The van der Waals surface area contributed by atoms with Gasteiger partial charge in [-0.2, -0.15) is 0 Å². The topological polar surface area (TPSA) is 124 Å². The first-order valence-electron chi connectivity index (χ1n) is 6.89. The summed E-state index contributed by atoms with van der Waals surface area (Å²) in [6.07, 6.45) is -0.770. The van der Waals surface area contributed by atoms with Crippen molar-refractivity contribution in [2.75, 3.05) is 5.73 Å². The molecule has 0 fully saturated rings. The Morgan fingerprint density at radius 3 is 2.83 bits per heavy atom. The van der Waals surface area contributed by atoms with Crippen LogP contribution in [-0.4, -0.2) is 21.1 Å². The molecule has 2 aromatic heterocycles. The Bertz CT molecular complexity index is 925. The molecule has 0 spiro atoms. The van der Waals surface area contributed by atoms with Crippen molar-refractivity contribution in [3.63, 3.8) is 0 Å². The number of nitrogen functional groups attached to an aromatic ring is 1. The van der Waals surface area contributed by atoms with Gasteiger partial charge in [0.2, 0.25) is 5.88 Å². The number of rotatable bonds is 3. The minimum absolute atomic E-state index is 0.0694. The monoisotopic (exact) mass is 314 g/mol. The van der Waals surface area contributed by atoms with Crippen LogP contribution in [0, 0.1) is 6.92 Å². The van der Waals surface area contributed by atoms with E-state index in [4.69, 9.17) is 15.0 Å². The van der Waals surface area contributed by atoms with Crippen LogP contribution in [0.4, 0.5) is 5.88 Å². The van der Waals surface area contributed by atoms with Gasteiger partial charge in [-0.1, -0.05) is 17.3 Å². The maximum absolute atomic E-state index is 12.2. The molecule has 0 bridgehead atoms. The number of benzene rings is 1. The second-order valence-corrected chi connectivity index (χ2v) is 5.02. The standard InChI is InChI=1S/C15H14N4O4/c1-7-11(12(16)23-19-7)15(21)22-8(2)13-17-10-6-4-3-5-9(10)14(20)18-13/h3-6,8H,16H2,1-2H3,(H,17,18,20)/t8-/m1/s1. The highest BCUT2D eigenvalue weighted by atomic mass is 16.5. The van der Waals surface area contributed by atoms with Crippen LogP contribution in [0.25, 0.3) is 10.9 Å². The molecule has 0 aliphatic carbocycles. The summed E-state index contributed by atoms with van der Waals surface area (Å²) in [5.74, 6) is -0.557. The molecular weight excluding hydrogens is 300 g/mol. The normalized spacial score (nSPS) is 12.3. The van der Waals surface area contributed by atoms with Gasteiger partial charge >= 0.3 is 5.97 Å². The quantitative estimate of drug-likeness (QED) is 0.705. The molecule has 8 nitrogen and oxygen atoms in total. The van der Waals surface area contributed by atoms with Gasteiger partial charge in [-0.25, -0.2) is 9.78 Å². The molecule has 118 valence electrons. The molecule has 0 unspecified atom stereocenters. The molecule has 0 amide bonds. The number of aromatic amines is 1. The Labute approximate surface area is 130 Å². The molecule has 3 N–H and O–H groups in total. The van der Waals surface area contributed by atoms with Crippen molar-refractivity contribution in [3.05, 3.63) is 51.7 Å². The van der Waals surface area contributed by atoms with Crippen molar-refractivity contribution in [3.8, 4) is 0 Å². The van der Waals surface area contributed by atoms with E-state index in [1.807, 2.05) is 0 Å². The van der Waals surface area contributed by atoms with Crippen LogP contribution in [-0.2, 0) is 4.74 Å². The molecule has 3 aromatic rings. The molecule has 3 rings (SSSR count). The summed E-state index contributed by atoms with van der Waals surface area (Å²) in [4.78, 5) is 31.1. The van der Waals surface area contributed by atoms with E-state index in [9.17, 15) is 9.59 Å². The molecular formula is C15H14N4O4. The van der Waals surface area contributed by atoms with Gasteiger partial charge in [0.25, 0.3) is 5.56 Å². The van der Waals surface area contributed by atoms with Gasteiger partial charge in [0.15, 0.2) is 11.9 Å². The number of carbonyl (C=O) groups is 1. The van der Waals surface area contributed by atoms with E-state index in [2.05, 4.69) is 15.1 Å². The molecule has 0 aliphatic heterocycles. The fraction of sp³-hybridized carbons (Fsp3) is 0.200. The summed E-state index contributed by atoms with van der Waals surface area (Å²) < 4.78 is 10.0. The van der Waals surface area contributed by atoms with Crippen molar-refractivity contribution in [1.29, 1.82) is 0 Å². The van der Waals surface area contributed by atoms with Crippen LogP contribution in [0.1, 0.15) is 34.9 Å². The van der Waals surface area contributed by atoms with E-state index < -0.39 is 12.1 Å². The number of aryl methyl sites for hydroxylation is 1. The van der Waals surface area contributed by atoms with Crippen LogP contribution in [0.2, 0.25) is 0 Å². The van der Waals surface area contributed by atoms with Crippen LogP contribution >= 0.6 is 0 Å². The predicted octanol–water partition coefficient (Wildman–Crippen LogP) is 1.72. The van der Waals surface area contributed by atoms with E-state index in [0.717, 1.165) is 0 Å². The van der Waals surface area contributed by atoms with Crippen molar-refractivity contribution in [1.82, 2.24) is 15.1 Å². The lowest BCUT2D eigenvalue weighted by molar-refractivity contribution is 0.0320. The number of nitrogens with two attached hydrogens (primary N) is 1. The molecule has 0 aliphatic rings. The molecule has 8 heteroatoms. The maximum atomic E-state index is 12.2. The third-order valence-electron chi connectivity index (χ3n) is 3.39. The minimum atomic E-state index is -0.770. The zero-order chi connectivity index (χ0) is 16.6. The highest BCUT2D eigenvalue weighted by Crippen LogP contribution is 2.21. The molecule has 0 saturated carbocycles. The van der Waals surface area contributed by atoms with Gasteiger partial charge in [-0.05, 0) is 26.0 Å². The maximum Gasteiger partial charge on any atom is 0.346 e. The highest BCUT2D eigenvalue weighted by Gasteiger charge is 2.23. The lowest BCUT2D eigenvalue weighted by atomic mass is 10.2. The third kappa shape index (κ3) is 2.66. The van der Waals surface area contributed by atoms with Crippen LogP contribution < -0.4 is 11.3 Å². The average Bonchev–Trinajstić information content (AvgIpc) is 2.86. The fourth-order valence-electron chi connectivity index (χ4n) is 2.21. The summed E-state index contributed by atoms with van der Waals surface area (Å²) in [6.45, 7) is 3.18. The SMILES string of the molecule is Cc1noc(N)c1C(=O)O[C@H](C)c1nc2ccccc2c(=O)[nH]1. The second kappa shape index (κ2) is 5.56. The minimum Gasteiger partial charge on any atom is -0.451 e. The number of fused-ring (bicyclic) bond motifs is 1. The molecule has 0 radical (unpaired) electrons. The number of ether oxygens (including phenoxy) is 1. The largest absolute Gasteiger partial charge is 0.451 e. The lowest BCUT2D eigenvalue weighted by Crippen LogP contribution is -2.18. The van der Waals surface area contributed by atoms with Gasteiger partial charge < -0.3 is 20.0 Å². The van der Waals surface area contributed by atoms with Crippen molar-refractivity contribution in [2.24, 2.45) is 0 Å². The molecule has 0 saturated heterocycles. The number of anilines is 1. The third-order valence-corrected chi connectivity index (χ3v) is 3.39. The first-order chi connectivity index (χ1) is 11.0.